The van der Waals surface area contributed by atoms with Gasteiger partial charge in [-0.1, -0.05) is 7.43 Å². The minimum absolute atomic E-state index is 0. The van der Waals surface area contributed by atoms with Crippen molar-refractivity contribution < 1.29 is 34.9 Å². The molecule has 3 atom stereocenters. The Morgan fingerprint density at radius 2 is 1.34 bits per heavy atom. The Morgan fingerprint density at radius 3 is 1.66 bits per heavy atom. The number of nitrogens with one attached hydrogen (secondary N) is 1. The van der Waals surface area contributed by atoms with Gasteiger partial charge in [0.2, 0.25) is 0 Å². The molecule has 0 amide bonds. The van der Waals surface area contributed by atoms with Crippen LogP contribution >= 0.6 is 11.6 Å². The van der Waals surface area contributed by atoms with Gasteiger partial charge in [0.1, 0.15) is 0 Å². The van der Waals surface area contributed by atoms with Crippen LogP contribution in [0.2, 0.25) is 0 Å². The topological polar surface area (TPSA) is 153 Å². The van der Waals surface area contributed by atoms with Crippen molar-refractivity contribution >= 4 is 11.6 Å². The van der Waals surface area contributed by atoms with Crippen molar-refractivity contribution in [2.45, 2.75) is 25.7 Å². The van der Waals surface area contributed by atoms with Crippen LogP contribution in [0.15, 0.2) is 0 Å². The maximum Gasteiger partial charge on any atom is 0.0944 e. The van der Waals surface area contributed by atoms with Crippen molar-refractivity contribution in [2.24, 2.45) is 5.73 Å². The van der Waals surface area contributed by atoms with Crippen molar-refractivity contribution in [1.29, 1.82) is 0 Å². The van der Waals surface area contributed by atoms with Crippen LogP contribution in [-0.4, -0.2) is 151 Å². The summed E-state index contributed by atoms with van der Waals surface area (Å²) in [4.78, 5) is 4.57. The van der Waals surface area contributed by atoms with Crippen LogP contribution in [-0.2, 0) is 23.7 Å². The van der Waals surface area contributed by atoms with E-state index in [1.54, 1.807) is 0 Å². The number of hydrogen-bond donors (Lipinski definition) is 4. The van der Waals surface area contributed by atoms with Crippen molar-refractivity contribution in [3.8, 4) is 0 Å². The first-order valence-corrected chi connectivity index (χ1v) is 12.3. The van der Waals surface area contributed by atoms with E-state index in [1.807, 2.05) is 0 Å². The lowest BCUT2D eigenvalue weighted by atomic mass is 10.3. The van der Waals surface area contributed by atoms with Gasteiger partial charge in [0.25, 0.3) is 0 Å². The highest BCUT2D eigenvalue weighted by Gasteiger charge is 2.26. The maximum atomic E-state index is 9.20. The predicted octanol–water partition coefficient (Wildman–Crippen LogP) is -0.218. The molecule has 0 aromatic rings. The first-order valence-electron chi connectivity index (χ1n) is 11.8. The van der Waals surface area contributed by atoms with E-state index < -0.39 is 0 Å². The van der Waals surface area contributed by atoms with E-state index in [2.05, 4.69) is 15.1 Å². The van der Waals surface area contributed by atoms with Crippen LogP contribution in [0.1, 0.15) is 8.85 Å². The Morgan fingerprint density at radius 1 is 0.886 bits per heavy atom. The van der Waals surface area contributed by atoms with E-state index in [4.69, 9.17) is 41.0 Å². The van der Waals surface area contributed by atoms with Gasteiger partial charge < -0.3 is 46.0 Å². The Kier molecular flexibility index (Phi) is 25.5. The second-order valence-electron chi connectivity index (χ2n) is 8.14. The van der Waals surface area contributed by atoms with Crippen LogP contribution < -0.4 is 17.2 Å². The number of halogens is 2. The number of nitrogens with two attached hydrogens (primary N) is 1. The first-order chi connectivity index (χ1) is 15.7. The molecule has 0 saturated carbocycles. The number of β-amino-alcohol motifs (C(OH)–C–C–N with tert-alkyl or cyclic N) is 1. The van der Waals surface area contributed by atoms with E-state index >= 15 is 0 Å². The fraction of sp³-hybridized carbons (Fsp3) is 1.00. The molecule has 5 fully saturated rings. The number of aliphatic hydroxyl groups excluding tert-OH is 1. The quantitative estimate of drug-likeness (QED) is 0.262. The predicted molar refractivity (Wildman–Crippen MR) is 140 cm³/mol. The van der Waals surface area contributed by atoms with Crippen LogP contribution in [0.25, 0.3) is 0 Å². The summed E-state index contributed by atoms with van der Waals surface area (Å²) in [6.45, 7) is 15.2. The molecule has 5 aliphatic heterocycles. The summed E-state index contributed by atoms with van der Waals surface area (Å²) in [5.41, 5.74) is 5.28. The van der Waals surface area contributed by atoms with Gasteiger partial charge in [-0.05, 0) is 0 Å². The molecular formula is C22H53ClFN5O6. The second kappa shape index (κ2) is 24.1. The number of ether oxygens (including phenoxy) is 5. The molecule has 5 rings (SSSR count). The van der Waals surface area contributed by atoms with E-state index in [0.29, 0.717) is 31.2 Å². The molecule has 0 aromatic carbocycles. The Balaban J connectivity index is -0.000000404. The molecule has 5 aliphatic rings. The van der Waals surface area contributed by atoms with Gasteiger partial charge in [-0.15, -0.1) is 11.6 Å². The van der Waals surface area contributed by atoms with Crippen molar-refractivity contribution in [3.63, 3.8) is 0 Å². The normalized spacial score (nSPS) is 26.1. The minimum atomic E-state index is -0.381. The molecule has 7 N–H and O–H groups in total. The summed E-state index contributed by atoms with van der Waals surface area (Å²) in [5.74, 6) is 0.667. The molecule has 5 saturated heterocycles. The lowest BCUT2D eigenvalue weighted by Crippen LogP contribution is -2.42. The van der Waals surface area contributed by atoms with Crippen LogP contribution in [0, 0.1) is 0 Å². The summed E-state index contributed by atoms with van der Waals surface area (Å²) in [6, 6.07) is 0. The van der Waals surface area contributed by atoms with Crippen molar-refractivity contribution in [3.05, 3.63) is 0 Å². The summed E-state index contributed by atoms with van der Waals surface area (Å²) in [7, 11) is 0. The molecule has 13 heteroatoms. The molecule has 11 nitrogen and oxygen atoms in total. The van der Waals surface area contributed by atoms with E-state index in [-0.39, 0.29) is 25.8 Å². The van der Waals surface area contributed by atoms with Gasteiger partial charge in [0.15, 0.2) is 0 Å². The molecule has 35 heavy (non-hydrogen) atoms. The lowest BCUT2D eigenvalue weighted by molar-refractivity contribution is 0.0164. The monoisotopic (exact) mass is 539 g/mol. The summed E-state index contributed by atoms with van der Waals surface area (Å²) < 4.78 is 25.2. The number of morpholine rings is 3. The third-order valence-corrected chi connectivity index (χ3v) is 5.58. The van der Waals surface area contributed by atoms with Gasteiger partial charge in [-0.2, -0.15) is 0 Å². The highest BCUT2D eigenvalue weighted by atomic mass is 35.5. The summed E-state index contributed by atoms with van der Waals surface area (Å²) >= 11 is 5.27. The largest absolute Gasteiger partial charge is 0.390 e. The standard InChI is InChI=1S/C7H16N2O2.C7H13NO2.C4H9NO.C3H5ClO.CH4.FH.H3N.H2/c8-5-7(10)6-9-1-3-11-4-2-9;1-3-9-4-2-8(1)5-7-6-10-7;1-3-6-4-2-5-1;4-1-3-2-5-3;;;;/h7,10H,1-6,8H2;7H,1-6H2;5H,1-4H2;3H,1-2H2;1H4;1H;1H3;1H/t2*7-;;;;;;/m01....../s1/i;;;;;;;1+2. The third-order valence-electron chi connectivity index (χ3n) is 5.23. The molecule has 0 radical (unpaired) electrons. The van der Waals surface area contributed by atoms with Gasteiger partial charge >= 0.3 is 0 Å². The lowest BCUT2D eigenvalue weighted by Gasteiger charge is -2.27. The van der Waals surface area contributed by atoms with E-state index in [9.17, 15) is 5.11 Å². The Labute approximate surface area is 217 Å². The smallest absolute Gasteiger partial charge is 0.0944 e. The molecule has 5 heterocycles. The summed E-state index contributed by atoms with van der Waals surface area (Å²) in [5, 5.41) is 12.4. The highest BCUT2D eigenvalue weighted by molar-refractivity contribution is 6.18. The minimum Gasteiger partial charge on any atom is -0.390 e. The molecule has 0 aliphatic carbocycles. The molecule has 216 valence electrons. The number of alkyl halides is 1. The SMILES string of the molecule is C.C1CN(C[C@@H]2CO2)CCO1.C1COCCN1.ClCC1CO1.F.N.NC[C@H](O)CN1CCOCC1.[3HH]. The summed E-state index contributed by atoms with van der Waals surface area (Å²) in [6.07, 6.45) is 0.558. The average Bonchev–Trinajstić information content (AvgIpc) is 3.78. The second-order valence-corrected chi connectivity index (χ2v) is 8.45. The van der Waals surface area contributed by atoms with Crippen LogP contribution in [0.5, 0.6) is 0 Å². The Bertz CT molecular complexity index is 438. The number of nitrogens with zero attached hydrogens (tertiary/aromatic N) is 2. The zero-order valence-corrected chi connectivity index (χ0v) is 21.2. The molecule has 0 aromatic heterocycles. The average molecular weight is 540 g/mol. The van der Waals surface area contributed by atoms with Crippen LogP contribution in [0.3, 0.4) is 0 Å². The van der Waals surface area contributed by atoms with Gasteiger partial charge in [-0.25, -0.2) is 0 Å². The van der Waals surface area contributed by atoms with Gasteiger partial charge in [0, 0.05) is 60.3 Å². The number of epoxide rings is 2. The van der Waals surface area contributed by atoms with Crippen molar-refractivity contribution in [1.82, 2.24) is 21.3 Å². The molecule has 1 unspecified atom stereocenters. The van der Waals surface area contributed by atoms with E-state index in [0.717, 1.165) is 98.7 Å². The zero-order valence-electron chi connectivity index (χ0n) is 20.4. The maximum absolute atomic E-state index is 9.20. The zero-order chi connectivity index (χ0) is 22.9. The van der Waals surface area contributed by atoms with Crippen LogP contribution in [0.4, 0.5) is 4.70 Å². The van der Waals surface area contributed by atoms with Crippen molar-refractivity contribution in [2.75, 3.05) is 118 Å². The number of hydrogen-bond acceptors (Lipinski definition) is 11. The fourth-order valence-corrected chi connectivity index (χ4v) is 3.25. The Hall–Kier alpha value is -0.220. The molecule has 0 spiro atoms. The first kappa shape index (κ1) is 36.9. The highest BCUT2D eigenvalue weighted by Crippen LogP contribution is 2.11. The number of rotatable bonds is 6. The van der Waals surface area contributed by atoms with Gasteiger partial charge in [0.05, 0.1) is 77.0 Å². The molecule has 0 bridgehead atoms. The van der Waals surface area contributed by atoms with E-state index in [1.165, 1.54) is 0 Å². The fourth-order valence-electron chi connectivity index (χ4n) is 3.07. The van der Waals surface area contributed by atoms with Gasteiger partial charge in [-0.3, -0.25) is 14.5 Å². The third kappa shape index (κ3) is 21.6. The molecular weight excluding hydrogens is 485 g/mol. The number of aliphatic hydroxyl groups is 1.